The fourth-order valence-electron chi connectivity index (χ4n) is 4.10. The Morgan fingerprint density at radius 1 is 1.03 bits per heavy atom. The van der Waals surface area contributed by atoms with E-state index in [9.17, 15) is 0 Å². The van der Waals surface area contributed by atoms with Gasteiger partial charge in [0.2, 0.25) is 11.0 Å². The lowest BCUT2D eigenvalue weighted by Crippen LogP contribution is -2.15. The van der Waals surface area contributed by atoms with Gasteiger partial charge in [-0.1, -0.05) is 29.5 Å². The van der Waals surface area contributed by atoms with Crippen molar-refractivity contribution in [2.75, 3.05) is 13.2 Å². The average molecular weight is 429 g/mol. The Labute approximate surface area is 183 Å². The Kier molecular flexibility index (Phi) is 4.62. The molecule has 0 unspecified atom stereocenters. The summed E-state index contributed by atoms with van der Waals surface area (Å²) in [5, 5.41) is 6.44. The minimum atomic E-state index is 0.419. The van der Waals surface area contributed by atoms with Crippen LogP contribution in [0.4, 0.5) is 0 Å². The molecule has 154 valence electrons. The van der Waals surface area contributed by atoms with Gasteiger partial charge >= 0.3 is 0 Å². The van der Waals surface area contributed by atoms with Crippen LogP contribution < -0.4 is 4.74 Å². The molecule has 4 heterocycles. The van der Waals surface area contributed by atoms with Gasteiger partial charge in [0.25, 0.3) is 0 Å². The molecule has 1 aliphatic heterocycles. The minimum Gasteiger partial charge on any atom is -0.439 e. The summed E-state index contributed by atoms with van der Waals surface area (Å²) in [5.74, 6) is 1.85. The van der Waals surface area contributed by atoms with Gasteiger partial charge < -0.3 is 9.47 Å². The molecule has 6 nitrogen and oxygen atoms in total. The number of thiazole rings is 1. The van der Waals surface area contributed by atoms with E-state index in [1.54, 1.807) is 17.5 Å². The summed E-state index contributed by atoms with van der Waals surface area (Å²) in [6, 6.07) is 18.2. The van der Waals surface area contributed by atoms with E-state index in [-0.39, 0.29) is 0 Å². The number of rotatable bonds is 4. The van der Waals surface area contributed by atoms with Gasteiger partial charge in [-0.3, -0.25) is 0 Å². The number of fused-ring (bicyclic) bond motifs is 2. The maximum Gasteiger partial charge on any atom is 0.222 e. The fourth-order valence-corrected chi connectivity index (χ4v) is 5.03. The summed E-state index contributed by atoms with van der Waals surface area (Å²) in [6.45, 7) is 1.58. The molecule has 1 aliphatic rings. The van der Waals surface area contributed by atoms with E-state index in [0.29, 0.717) is 11.8 Å². The van der Waals surface area contributed by atoms with Gasteiger partial charge in [0.05, 0.1) is 21.9 Å². The number of benzene rings is 2. The minimum absolute atomic E-state index is 0.419. The van der Waals surface area contributed by atoms with Crippen molar-refractivity contribution in [1.82, 2.24) is 19.7 Å². The van der Waals surface area contributed by atoms with Crippen LogP contribution in [-0.2, 0) is 4.74 Å². The second kappa shape index (κ2) is 7.76. The monoisotopic (exact) mass is 428 g/mol. The maximum atomic E-state index is 6.23. The summed E-state index contributed by atoms with van der Waals surface area (Å²) in [6.07, 6.45) is 5.62. The highest BCUT2D eigenvalue weighted by Crippen LogP contribution is 2.35. The van der Waals surface area contributed by atoms with E-state index < -0.39 is 0 Å². The first-order valence-corrected chi connectivity index (χ1v) is 11.2. The molecule has 1 fully saturated rings. The molecule has 0 radical (unpaired) electrons. The van der Waals surface area contributed by atoms with Crippen LogP contribution in [0.2, 0.25) is 0 Å². The molecule has 2 aromatic carbocycles. The molecule has 7 heteroatoms. The molecule has 1 saturated heterocycles. The van der Waals surface area contributed by atoms with Crippen molar-refractivity contribution in [2.24, 2.45) is 0 Å². The SMILES string of the molecule is c1cnc(Oc2ccc3c(cnn3-c3nc4ccccc4s3)c2)c(C2CCOCC2)c1. The van der Waals surface area contributed by atoms with Crippen LogP contribution in [0.25, 0.3) is 26.3 Å². The fraction of sp³-hybridized carbons (Fsp3) is 0.208. The molecular weight excluding hydrogens is 408 g/mol. The topological polar surface area (TPSA) is 62.1 Å². The predicted octanol–water partition coefficient (Wildman–Crippen LogP) is 5.72. The van der Waals surface area contributed by atoms with Gasteiger partial charge in [0.1, 0.15) is 5.75 Å². The van der Waals surface area contributed by atoms with E-state index in [4.69, 9.17) is 14.5 Å². The highest BCUT2D eigenvalue weighted by molar-refractivity contribution is 7.20. The molecule has 0 saturated carbocycles. The maximum absolute atomic E-state index is 6.23. The highest BCUT2D eigenvalue weighted by Gasteiger charge is 2.21. The molecule has 0 N–H and O–H groups in total. The first kappa shape index (κ1) is 18.5. The van der Waals surface area contributed by atoms with E-state index in [2.05, 4.69) is 22.2 Å². The number of hydrogen-bond donors (Lipinski definition) is 0. The van der Waals surface area contributed by atoms with Gasteiger partial charge in [0, 0.05) is 30.4 Å². The lowest BCUT2D eigenvalue weighted by molar-refractivity contribution is 0.0848. The van der Waals surface area contributed by atoms with E-state index in [1.807, 2.05) is 53.3 Å². The number of ether oxygens (including phenoxy) is 2. The van der Waals surface area contributed by atoms with Crippen LogP contribution >= 0.6 is 11.3 Å². The van der Waals surface area contributed by atoms with Crippen molar-refractivity contribution in [3.63, 3.8) is 0 Å². The van der Waals surface area contributed by atoms with Crippen molar-refractivity contribution < 1.29 is 9.47 Å². The van der Waals surface area contributed by atoms with Crippen LogP contribution in [0.5, 0.6) is 11.6 Å². The lowest BCUT2D eigenvalue weighted by Gasteiger charge is -2.23. The molecule has 0 atom stereocenters. The molecule has 31 heavy (non-hydrogen) atoms. The van der Waals surface area contributed by atoms with Crippen LogP contribution in [0.15, 0.2) is 67.0 Å². The zero-order valence-electron chi connectivity index (χ0n) is 16.8. The number of aromatic nitrogens is 4. The first-order valence-electron chi connectivity index (χ1n) is 10.4. The van der Waals surface area contributed by atoms with Crippen molar-refractivity contribution >= 4 is 32.5 Å². The van der Waals surface area contributed by atoms with Crippen molar-refractivity contribution in [3.05, 3.63) is 72.6 Å². The van der Waals surface area contributed by atoms with Gasteiger partial charge in [-0.15, -0.1) is 0 Å². The van der Waals surface area contributed by atoms with Gasteiger partial charge in [-0.2, -0.15) is 5.10 Å². The summed E-state index contributed by atoms with van der Waals surface area (Å²) >= 11 is 1.63. The van der Waals surface area contributed by atoms with Gasteiger partial charge in [-0.25, -0.2) is 14.6 Å². The Morgan fingerprint density at radius 3 is 2.84 bits per heavy atom. The standard InChI is InChI=1S/C24H20N4O2S/c1-2-6-22-20(5-1)27-24(31-22)28-21-8-7-18(14-17(21)15-26-28)30-23-19(4-3-11-25-23)16-9-12-29-13-10-16/h1-8,11,14-16H,9-10,12-13H2. The molecule has 3 aromatic heterocycles. The Balaban J connectivity index is 1.32. The number of pyridine rings is 1. The molecule has 0 aliphatic carbocycles. The summed E-state index contributed by atoms with van der Waals surface area (Å²) < 4.78 is 14.8. The smallest absolute Gasteiger partial charge is 0.222 e. The molecule has 0 amide bonds. The quantitative estimate of drug-likeness (QED) is 0.367. The highest BCUT2D eigenvalue weighted by atomic mass is 32.1. The largest absolute Gasteiger partial charge is 0.439 e. The molecule has 5 aromatic rings. The number of nitrogens with zero attached hydrogens (tertiary/aromatic N) is 4. The third-order valence-electron chi connectivity index (χ3n) is 5.68. The van der Waals surface area contributed by atoms with E-state index in [0.717, 1.165) is 63.6 Å². The molecule has 6 rings (SSSR count). The Morgan fingerprint density at radius 2 is 1.94 bits per heavy atom. The van der Waals surface area contributed by atoms with Crippen molar-refractivity contribution in [3.8, 4) is 16.8 Å². The second-order valence-electron chi connectivity index (χ2n) is 7.63. The van der Waals surface area contributed by atoms with Crippen molar-refractivity contribution in [1.29, 1.82) is 0 Å². The van der Waals surface area contributed by atoms with E-state index in [1.165, 1.54) is 0 Å². The number of para-hydroxylation sites is 1. The summed E-state index contributed by atoms with van der Waals surface area (Å²) in [5.41, 5.74) is 3.13. The second-order valence-corrected chi connectivity index (χ2v) is 8.64. The Hall–Kier alpha value is -3.29. The zero-order valence-corrected chi connectivity index (χ0v) is 17.6. The van der Waals surface area contributed by atoms with Gasteiger partial charge in [-0.05, 0) is 55.2 Å². The Bertz CT molecular complexity index is 1340. The number of hydrogen-bond acceptors (Lipinski definition) is 6. The lowest BCUT2D eigenvalue weighted by atomic mass is 9.92. The zero-order chi connectivity index (χ0) is 20.6. The van der Waals surface area contributed by atoms with Gasteiger partial charge in [0.15, 0.2) is 0 Å². The van der Waals surface area contributed by atoms with Crippen molar-refractivity contribution in [2.45, 2.75) is 18.8 Å². The van der Waals surface area contributed by atoms with Crippen LogP contribution in [0.3, 0.4) is 0 Å². The third kappa shape index (κ3) is 3.45. The first-order chi connectivity index (χ1) is 15.3. The van der Waals surface area contributed by atoms with Crippen LogP contribution in [0.1, 0.15) is 24.3 Å². The molecule has 0 spiro atoms. The third-order valence-corrected chi connectivity index (χ3v) is 6.69. The normalized spacial score (nSPS) is 15.0. The van der Waals surface area contributed by atoms with Crippen LogP contribution in [-0.4, -0.2) is 33.0 Å². The predicted molar refractivity (Wildman–Crippen MR) is 121 cm³/mol. The average Bonchev–Trinajstić information content (AvgIpc) is 3.43. The molecular formula is C24H20N4O2S. The van der Waals surface area contributed by atoms with E-state index >= 15 is 0 Å². The van der Waals surface area contributed by atoms with Crippen LogP contribution in [0, 0.1) is 0 Å². The summed E-state index contributed by atoms with van der Waals surface area (Å²) in [7, 11) is 0. The summed E-state index contributed by atoms with van der Waals surface area (Å²) in [4.78, 5) is 9.24. The molecule has 0 bridgehead atoms.